The lowest BCUT2D eigenvalue weighted by atomic mass is 9.83. The third-order valence-corrected chi connectivity index (χ3v) is 3.87. The van der Waals surface area contributed by atoms with Gasteiger partial charge in [-0.05, 0) is 23.6 Å². The van der Waals surface area contributed by atoms with Gasteiger partial charge in [0.25, 0.3) is 0 Å². The maximum Gasteiger partial charge on any atom is 0.109 e. The van der Waals surface area contributed by atoms with Crippen LogP contribution in [0.15, 0.2) is 54.6 Å². The third-order valence-electron chi connectivity index (χ3n) is 3.87. The highest BCUT2D eigenvalue weighted by Gasteiger charge is 2.48. The van der Waals surface area contributed by atoms with Crippen molar-refractivity contribution in [2.45, 2.75) is 24.5 Å². The molecule has 0 fully saturated rings. The van der Waals surface area contributed by atoms with Crippen molar-refractivity contribution in [3.63, 3.8) is 0 Å². The Hall–Kier alpha value is -1.64. The van der Waals surface area contributed by atoms with E-state index in [0.717, 1.165) is 16.7 Å². The van der Waals surface area contributed by atoms with Crippen LogP contribution in [0.5, 0.6) is 0 Å². The van der Waals surface area contributed by atoms with Crippen molar-refractivity contribution in [2.75, 3.05) is 0 Å². The van der Waals surface area contributed by atoms with Gasteiger partial charge in [0.15, 0.2) is 0 Å². The fraction of sp³-hybridized carbons (Fsp3) is 0.250. The van der Waals surface area contributed by atoms with Crippen molar-refractivity contribution in [1.29, 1.82) is 0 Å². The smallest absolute Gasteiger partial charge is 0.109 e. The molecular formula is C16H16O2. The Labute approximate surface area is 107 Å². The summed E-state index contributed by atoms with van der Waals surface area (Å²) in [5.41, 5.74) is 1.72. The van der Waals surface area contributed by atoms with Crippen LogP contribution in [0.25, 0.3) is 0 Å². The van der Waals surface area contributed by atoms with E-state index in [9.17, 15) is 10.2 Å². The summed E-state index contributed by atoms with van der Waals surface area (Å²) in [7, 11) is 0. The van der Waals surface area contributed by atoms with Crippen LogP contribution in [0.1, 0.15) is 35.6 Å². The molecule has 0 aliphatic heterocycles. The fourth-order valence-electron chi connectivity index (χ4n) is 2.97. The molecule has 3 atom stereocenters. The second-order valence-electron chi connectivity index (χ2n) is 5.10. The van der Waals surface area contributed by atoms with Gasteiger partial charge in [-0.25, -0.2) is 0 Å². The van der Waals surface area contributed by atoms with Gasteiger partial charge in [-0.15, -0.1) is 0 Å². The minimum absolute atomic E-state index is 0.176. The highest BCUT2D eigenvalue weighted by atomic mass is 16.3. The molecule has 0 spiro atoms. The highest BCUT2D eigenvalue weighted by molar-refractivity contribution is 5.48. The Morgan fingerprint density at radius 1 is 0.889 bits per heavy atom. The normalized spacial score (nSPS) is 30.2. The van der Waals surface area contributed by atoms with Gasteiger partial charge in [0, 0.05) is 5.92 Å². The summed E-state index contributed by atoms with van der Waals surface area (Å²) in [4.78, 5) is 0. The van der Waals surface area contributed by atoms with Gasteiger partial charge in [0.1, 0.15) is 11.7 Å². The van der Waals surface area contributed by atoms with Crippen LogP contribution in [0, 0.1) is 0 Å². The van der Waals surface area contributed by atoms with Gasteiger partial charge in [0.05, 0.1) is 0 Å². The largest absolute Gasteiger partial charge is 0.386 e. The van der Waals surface area contributed by atoms with Crippen molar-refractivity contribution in [1.82, 2.24) is 0 Å². The van der Waals surface area contributed by atoms with Crippen LogP contribution in [-0.2, 0) is 0 Å². The van der Waals surface area contributed by atoms with E-state index in [0.29, 0.717) is 0 Å². The van der Waals surface area contributed by atoms with E-state index in [1.165, 1.54) is 0 Å². The number of rotatable bonds is 1. The lowest BCUT2D eigenvalue weighted by Gasteiger charge is -2.29. The summed E-state index contributed by atoms with van der Waals surface area (Å²) in [6, 6.07) is 17.6. The molecule has 2 aromatic rings. The molecule has 1 aliphatic carbocycles. The first-order valence-corrected chi connectivity index (χ1v) is 6.16. The van der Waals surface area contributed by atoms with Crippen molar-refractivity contribution >= 4 is 0 Å². The third kappa shape index (κ3) is 1.50. The maximum absolute atomic E-state index is 10.6. The molecular weight excluding hydrogens is 224 g/mol. The van der Waals surface area contributed by atoms with Crippen molar-refractivity contribution < 1.29 is 10.2 Å². The molecule has 18 heavy (non-hydrogen) atoms. The van der Waals surface area contributed by atoms with Crippen molar-refractivity contribution in [2.24, 2.45) is 0 Å². The van der Waals surface area contributed by atoms with Gasteiger partial charge < -0.3 is 10.2 Å². The Morgan fingerprint density at radius 2 is 1.44 bits per heavy atom. The zero-order chi connectivity index (χ0) is 12.8. The molecule has 1 aliphatic rings. The van der Waals surface area contributed by atoms with Crippen LogP contribution in [-0.4, -0.2) is 15.8 Å². The maximum atomic E-state index is 10.6. The van der Waals surface area contributed by atoms with Crippen LogP contribution in [0.4, 0.5) is 0 Å². The molecule has 0 aromatic heterocycles. The average Bonchev–Trinajstić information content (AvgIpc) is 2.59. The minimum Gasteiger partial charge on any atom is -0.386 e. The molecule has 0 heterocycles. The van der Waals surface area contributed by atoms with E-state index in [2.05, 4.69) is 0 Å². The first-order chi connectivity index (χ1) is 8.62. The summed E-state index contributed by atoms with van der Waals surface area (Å²) in [6.07, 6.45) is -0.834. The topological polar surface area (TPSA) is 40.5 Å². The van der Waals surface area contributed by atoms with Gasteiger partial charge in [-0.2, -0.15) is 0 Å². The molecule has 2 N–H and O–H groups in total. The molecule has 3 rings (SSSR count). The van der Waals surface area contributed by atoms with Crippen LogP contribution in [0.2, 0.25) is 0 Å². The lowest BCUT2D eigenvalue weighted by Crippen LogP contribution is -2.34. The van der Waals surface area contributed by atoms with E-state index in [1.54, 1.807) is 6.92 Å². The van der Waals surface area contributed by atoms with Gasteiger partial charge in [-0.1, -0.05) is 54.6 Å². The van der Waals surface area contributed by atoms with E-state index in [-0.39, 0.29) is 5.92 Å². The van der Waals surface area contributed by atoms with Crippen molar-refractivity contribution in [3.8, 4) is 0 Å². The molecule has 0 saturated heterocycles. The number of hydrogen-bond acceptors (Lipinski definition) is 2. The number of hydrogen-bond donors (Lipinski definition) is 2. The molecule has 0 bridgehead atoms. The number of benzene rings is 2. The lowest BCUT2D eigenvalue weighted by molar-refractivity contribution is -0.0603. The average molecular weight is 240 g/mol. The molecule has 92 valence electrons. The van der Waals surface area contributed by atoms with E-state index >= 15 is 0 Å². The summed E-state index contributed by atoms with van der Waals surface area (Å²) < 4.78 is 0. The fourth-order valence-corrected chi connectivity index (χ4v) is 2.97. The first-order valence-electron chi connectivity index (χ1n) is 6.16. The van der Waals surface area contributed by atoms with Crippen LogP contribution < -0.4 is 0 Å². The molecule has 0 amide bonds. The minimum atomic E-state index is -1.16. The highest BCUT2D eigenvalue weighted by Crippen LogP contribution is 2.50. The van der Waals surface area contributed by atoms with E-state index in [4.69, 9.17) is 0 Å². The van der Waals surface area contributed by atoms with Gasteiger partial charge in [-0.3, -0.25) is 0 Å². The number of aliphatic hydroxyl groups is 2. The molecule has 0 saturated carbocycles. The standard InChI is InChI=1S/C16H16O2/c1-16(18)14(11-7-3-2-4-8-11)12-9-5-6-10-13(12)15(16)17/h2-10,14-15,17-18H,1H3/t14-,15-,16+/m0/s1. The predicted octanol–water partition coefficient (Wildman–Crippen LogP) is 2.62. The Kier molecular flexibility index (Phi) is 2.51. The summed E-state index contributed by atoms with van der Waals surface area (Å²) in [5.74, 6) is -0.176. The predicted molar refractivity (Wildman–Crippen MR) is 70.3 cm³/mol. The molecule has 0 radical (unpaired) electrons. The summed E-state index contributed by atoms with van der Waals surface area (Å²) >= 11 is 0. The Bertz CT molecular complexity index is 560. The first kappa shape index (κ1) is 11.5. The molecule has 2 aromatic carbocycles. The summed E-state index contributed by atoms with van der Waals surface area (Å²) in [5, 5.41) is 20.9. The zero-order valence-corrected chi connectivity index (χ0v) is 10.2. The van der Waals surface area contributed by atoms with Gasteiger partial charge >= 0.3 is 0 Å². The quantitative estimate of drug-likeness (QED) is 0.804. The van der Waals surface area contributed by atoms with Crippen LogP contribution in [0.3, 0.4) is 0 Å². The SMILES string of the molecule is C[C@@]1(O)[C@@H](c2ccccc2)c2ccccc2[C@@H]1O. The van der Waals surface area contributed by atoms with Crippen LogP contribution >= 0.6 is 0 Å². The second kappa shape index (κ2) is 3.94. The molecule has 2 heteroatoms. The monoisotopic (exact) mass is 240 g/mol. The zero-order valence-electron chi connectivity index (χ0n) is 10.2. The summed E-state index contributed by atoms with van der Waals surface area (Å²) in [6.45, 7) is 1.70. The van der Waals surface area contributed by atoms with E-state index in [1.807, 2.05) is 54.6 Å². The van der Waals surface area contributed by atoms with E-state index < -0.39 is 11.7 Å². The molecule has 2 nitrogen and oxygen atoms in total. The van der Waals surface area contributed by atoms with Crippen molar-refractivity contribution in [3.05, 3.63) is 71.3 Å². The number of fused-ring (bicyclic) bond motifs is 1. The Balaban J connectivity index is 2.20. The van der Waals surface area contributed by atoms with Gasteiger partial charge in [0.2, 0.25) is 0 Å². The second-order valence-corrected chi connectivity index (χ2v) is 5.10. The number of aliphatic hydroxyl groups excluding tert-OH is 1. The Morgan fingerprint density at radius 3 is 2.11 bits per heavy atom. The molecule has 0 unspecified atom stereocenters.